The summed E-state index contributed by atoms with van der Waals surface area (Å²) in [6, 6.07) is 8.65. The summed E-state index contributed by atoms with van der Waals surface area (Å²) >= 11 is 0. The molecule has 0 aliphatic heterocycles. The number of nitrogens with one attached hydrogen (secondary N) is 1. The molecule has 1 fully saturated rings. The molecule has 0 radical (unpaired) electrons. The predicted molar refractivity (Wildman–Crippen MR) is 88.0 cm³/mol. The fourth-order valence-corrected chi connectivity index (χ4v) is 3.66. The van der Waals surface area contributed by atoms with E-state index in [1.165, 1.54) is 44.1 Å². The molecule has 1 aliphatic carbocycles. The van der Waals surface area contributed by atoms with Gasteiger partial charge < -0.3 is 4.74 Å². The Hall–Kier alpha value is -1.06. The molecular weight excluding hydrogens is 260 g/mol. The van der Waals surface area contributed by atoms with Crippen LogP contribution < -0.4 is 16.0 Å². The van der Waals surface area contributed by atoms with Crippen LogP contribution in [0.3, 0.4) is 0 Å². The lowest BCUT2D eigenvalue weighted by atomic mass is 9.75. The fourth-order valence-electron chi connectivity index (χ4n) is 3.66. The van der Waals surface area contributed by atoms with E-state index in [0.717, 1.165) is 11.7 Å². The first-order valence-electron chi connectivity index (χ1n) is 8.47. The molecule has 1 atom stereocenters. The van der Waals surface area contributed by atoms with Gasteiger partial charge in [-0.3, -0.25) is 11.3 Å². The second-order valence-electron chi connectivity index (χ2n) is 6.22. The number of hydrogen-bond acceptors (Lipinski definition) is 3. The molecule has 3 N–H and O–H groups in total. The third-order valence-electron chi connectivity index (χ3n) is 4.79. The van der Waals surface area contributed by atoms with Gasteiger partial charge in [-0.1, -0.05) is 44.7 Å². The molecule has 1 aliphatic rings. The average molecular weight is 290 g/mol. The second-order valence-corrected chi connectivity index (χ2v) is 6.22. The summed E-state index contributed by atoms with van der Waals surface area (Å²) in [5.74, 6) is 8.37. The van der Waals surface area contributed by atoms with Crippen LogP contribution in [0.25, 0.3) is 0 Å². The van der Waals surface area contributed by atoms with E-state index in [2.05, 4.69) is 24.5 Å². The zero-order valence-electron chi connectivity index (χ0n) is 13.5. The van der Waals surface area contributed by atoms with Crippen molar-refractivity contribution in [1.29, 1.82) is 0 Å². The average Bonchev–Trinajstić information content (AvgIpc) is 2.52. The lowest BCUT2D eigenvalue weighted by Gasteiger charge is -2.33. The van der Waals surface area contributed by atoms with Gasteiger partial charge in [0.25, 0.3) is 0 Å². The van der Waals surface area contributed by atoms with Crippen LogP contribution >= 0.6 is 0 Å². The first kappa shape index (κ1) is 16.3. The van der Waals surface area contributed by atoms with Gasteiger partial charge in [-0.25, -0.2) is 0 Å². The van der Waals surface area contributed by atoms with Crippen LogP contribution in [0.1, 0.15) is 64.0 Å². The van der Waals surface area contributed by atoms with E-state index in [1.807, 2.05) is 19.1 Å². The van der Waals surface area contributed by atoms with Crippen LogP contribution in [0.15, 0.2) is 24.3 Å². The van der Waals surface area contributed by atoms with E-state index in [0.29, 0.717) is 12.5 Å². The molecule has 2 rings (SSSR count). The number of ether oxygens (including phenoxy) is 1. The second kappa shape index (κ2) is 8.40. The number of hydrogen-bond donors (Lipinski definition) is 2. The van der Waals surface area contributed by atoms with Crippen molar-refractivity contribution in [3.8, 4) is 5.75 Å². The molecule has 3 nitrogen and oxygen atoms in total. The van der Waals surface area contributed by atoms with E-state index in [4.69, 9.17) is 10.6 Å². The maximum Gasteiger partial charge on any atom is 0.119 e. The largest absolute Gasteiger partial charge is 0.494 e. The maximum atomic E-state index is 5.84. The van der Waals surface area contributed by atoms with Gasteiger partial charge in [-0.15, -0.1) is 0 Å². The van der Waals surface area contributed by atoms with Gasteiger partial charge in [-0.05, 0) is 49.3 Å². The Morgan fingerprint density at radius 1 is 1.14 bits per heavy atom. The molecule has 1 unspecified atom stereocenters. The Balaban J connectivity index is 1.96. The Morgan fingerprint density at radius 2 is 1.81 bits per heavy atom. The molecule has 1 aromatic rings. The molecule has 1 aromatic carbocycles. The van der Waals surface area contributed by atoms with Gasteiger partial charge >= 0.3 is 0 Å². The van der Waals surface area contributed by atoms with Crippen molar-refractivity contribution in [2.24, 2.45) is 17.7 Å². The normalized spacial score (nSPS) is 23.8. The summed E-state index contributed by atoms with van der Waals surface area (Å²) in [6.07, 6.45) is 7.98. The van der Waals surface area contributed by atoms with Crippen molar-refractivity contribution in [2.45, 2.75) is 58.4 Å². The zero-order chi connectivity index (χ0) is 15.1. The van der Waals surface area contributed by atoms with E-state index < -0.39 is 0 Å². The lowest BCUT2D eigenvalue weighted by molar-refractivity contribution is 0.215. The third kappa shape index (κ3) is 4.45. The van der Waals surface area contributed by atoms with Gasteiger partial charge in [0.05, 0.1) is 6.61 Å². The van der Waals surface area contributed by atoms with Crippen molar-refractivity contribution in [1.82, 2.24) is 5.43 Å². The number of hydrazine groups is 1. The number of rotatable bonds is 7. The molecule has 21 heavy (non-hydrogen) atoms. The molecule has 0 aromatic heterocycles. The van der Waals surface area contributed by atoms with Gasteiger partial charge in [0.15, 0.2) is 0 Å². The summed E-state index contributed by atoms with van der Waals surface area (Å²) in [7, 11) is 0. The summed E-state index contributed by atoms with van der Waals surface area (Å²) in [6.45, 7) is 5.00. The zero-order valence-corrected chi connectivity index (χ0v) is 13.5. The van der Waals surface area contributed by atoms with E-state index in [9.17, 15) is 0 Å². The predicted octanol–water partition coefficient (Wildman–Crippen LogP) is 4.20. The highest BCUT2D eigenvalue weighted by Gasteiger charge is 2.27. The third-order valence-corrected chi connectivity index (χ3v) is 4.79. The minimum Gasteiger partial charge on any atom is -0.494 e. The molecule has 0 bridgehead atoms. The molecule has 0 spiro atoms. The number of nitrogens with two attached hydrogens (primary N) is 1. The van der Waals surface area contributed by atoms with Crippen molar-refractivity contribution in [2.75, 3.05) is 6.61 Å². The monoisotopic (exact) mass is 290 g/mol. The molecule has 0 saturated heterocycles. The standard InChI is InChI=1S/C18H30N2O/c1-3-5-14-6-8-15(9-7-14)18(20-19)16-10-12-17(13-11-16)21-4-2/h10-15,18,20H,3-9,19H2,1-2H3. The van der Waals surface area contributed by atoms with Crippen LogP contribution in [0, 0.1) is 11.8 Å². The maximum absolute atomic E-state index is 5.84. The molecule has 3 heteroatoms. The minimum atomic E-state index is 0.267. The van der Waals surface area contributed by atoms with Crippen molar-refractivity contribution >= 4 is 0 Å². The Bertz CT molecular complexity index is 396. The Morgan fingerprint density at radius 3 is 2.33 bits per heavy atom. The van der Waals surface area contributed by atoms with Gasteiger partial charge in [-0.2, -0.15) is 0 Å². The molecule has 0 heterocycles. The summed E-state index contributed by atoms with van der Waals surface area (Å²) < 4.78 is 5.51. The van der Waals surface area contributed by atoms with Crippen LogP contribution in [-0.4, -0.2) is 6.61 Å². The molecule has 118 valence electrons. The Labute approximate surface area is 129 Å². The van der Waals surface area contributed by atoms with Crippen molar-refractivity contribution in [3.05, 3.63) is 29.8 Å². The number of benzene rings is 1. The molecule has 0 amide bonds. The quantitative estimate of drug-likeness (QED) is 0.584. The highest BCUT2D eigenvalue weighted by atomic mass is 16.5. The van der Waals surface area contributed by atoms with Gasteiger partial charge in [0, 0.05) is 6.04 Å². The van der Waals surface area contributed by atoms with E-state index in [1.54, 1.807) is 0 Å². The minimum absolute atomic E-state index is 0.267. The molecule has 1 saturated carbocycles. The SMILES string of the molecule is CCCC1CCC(C(NN)c2ccc(OCC)cc2)CC1. The Kier molecular flexibility index (Phi) is 6.52. The first-order chi connectivity index (χ1) is 10.3. The smallest absolute Gasteiger partial charge is 0.119 e. The van der Waals surface area contributed by atoms with Gasteiger partial charge in [0.1, 0.15) is 5.75 Å². The topological polar surface area (TPSA) is 47.3 Å². The van der Waals surface area contributed by atoms with Crippen LogP contribution in [-0.2, 0) is 0 Å². The van der Waals surface area contributed by atoms with Crippen molar-refractivity contribution < 1.29 is 4.74 Å². The van der Waals surface area contributed by atoms with E-state index in [-0.39, 0.29) is 6.04 Å². The van der Waals surface area contributed by atoms with Crippen molar-refractivity contribution in [3.63, 3.8) is 0 Å². The highest BCUT2D eigenvalue weighted by molar-refractivity contribution is 5.29. The highest BCUT2D eigenvalue weighted by Crippen LogP contribution is 2.38. The van der Waals surface area contributed by atoms with Crippen LogP contribution in [0.5, 0.6) is 5.75 Å². The summed E-state index contributed by atoms with van der Waals surface area (Å²) in [4.78, 5) is 0. The molecular formula is C18H30N2O. The van der Waals surface area contributed by atoms with E-state index >= 15 is 0 Å². The van der Waals surface area contributed by atoms with Crippen LogP contribution in [0.2, 0.25) is 0 Å². The first-order valence-corrected chi connectivity index (χ1v) is 8.47. The summed E-state index contributed by atoms with van der Waals surface area (Å²) in [5.41, 5.74) is 4.32. The summed E-state index contributed by atoms with van der Waals surface area (Å²) in [5, 5.41) is 0. The fraction of sp³-hybridized carbons (Fsp3) is 0.667. The van der Waals surface area contributed by atoms with Gasteiger partial charge in [0.2, 0.25) is 0 Å². The van der Waals surface area contributed by atoms with Crippen LogP contribution in [0.4, 0.5) is 0 Å². The lowest BCUT2D eigenvalue weighted by Crippen LogP contribution is -2.35.